The molecule has 0 aliphatic carbocycles. The second-order valence-electron chi connectivity index (χ2n) is 4.96. The molecule has 110 valence electrons. The van der Waals surface area contributed by atoms with Crippen LogP contribution in [0.4, 0.5) is 0 Å². The third-order valence-electron chi connectivity index (χ3n) is 3.39. The minimum absolute atomic E-state index is 0.0567. The van der Waals surface area contributed by atoms with E-state index in [1.54, 1.807) is 12.1 Å². The number of rotatable bonds is 4. The van der Waals surface area contributed by atoms with Gasteiger partial charge in [0.15, 0.2) is 0 Å². The van der Waals surface area contributed by atoms with Gasteiger partial charge in [0.25, 0.3) is 0 Å². The standard InChI is InChI=1S/C19H15ClO2/c20-18-12-17(10-11-19(18)21)22-13-14-6-8-16(9-7-14)15-4-2-1-3-5-15/h1-12,21H,13H2. The second kappa shape index (κ2) is 6.54. The predicted molar refractivity (Wildman–Crippen MR) is 89.3 cm³/mol. The van der Waals surface area contributed by atoms with E-state index in [0.717, 1.165) is 5.56 Å². The lowest BCUT2D eigenvalue weighted by Gasteiger charge is -2.08. The molecule has 0 bridgehead atoms. The molecule has 0 fully saturated rings. The van der Waals surface area contributed by atoms with Crippen molar-refractivity contribution in [1.82, 2.24) is 0 Å². The number of halogens is 1. The van der Waals surface area contributed by atoms with Crippen LogP contribution < -0.4 is 4.74 Å². The molecule has 0 radical (unpaired) electrons. The Morgan fingerprint density at radius 2 is 1.50 bits per heavy atom. The highest BCUT2D eigenvalue weighted by molar-refractivity contribution is 6.32. The van der Waals surface area contributed by atoms with Crippen LogP contribution in [-0.4, -0.2) is 5.11 Å². The number of ether oxygens (including phenoxy) is 1. The molecular weight excluding hydrogens is 296 g/mol. The molecule has 0 saturated heterocycles. The molecule has 0 saturated carbocycles. The van der Waals surface area contributed by atoms with Crippen LogP contribution in [0.3, 0.4) is 0 Å². The van der Waals surface area contributed by atoms with Gasteiger partial charge in [-0.2, -0.15) is 0 Å². The van der Waals surface area contributed by atoms with Crippen LogP contribution in [0.5, 0.6) is 11.5 Å². The highest BCUT2D eigenvalue weighted by atomic mass is 35.5. The maximum absolute atomic E-state index is 9.38. The fraction of sp³-hybridized carbons (Fsp3) is 0.0526. The van der Waals surface area contributed by atoms with E-state index in [2.05, 4.69) is 24.3 Å². The summed E-state index contributed by atoms with van der Waals surface area (Å²) in [6, 6.07) is 23.3. The van der Waals surface area contributed by atoms with Crippen molar-refractivity contribution in [2.24, 2.45) is 0 Å². The topological polar surface area (TPSA) is 29.5 Å². The minimum atomic E-state index is 0.0567. The molecule has 3 heteroatoms. The van der Waals surface area contributed by atoms with Crippen LogP contribution in [0, 0.1) is 0 Å². The van der Waals surface area contributed by atoms with E-state index < -0.39 is 0 Å². The Balaban J connectivity index is 1.67. The van der Waals surface area contributed by atoms with E-state index in [0.29, 0.717) is 12.4 Å². The molecule has 0 aliphatic rings. The minimum Gasteiger partial charge on any atom is -0.506 e. The van der Waals surface area contributed by atoms with Gasteiger partial charge in [-0.25, -0.2) is 0 Å². The largest absolute Gasteiger partial charge is 0.506 e. The van der Waals surface area contributed by atoms with E-state index in [1.807, 2.05) is 30.3 Å². The van der Waals surface area contributed by atoms with Crippen LogP contribution in [0.1, 0.15) is 5.56 Å². The first-order valence-electron chi connectivity index (χ1n) is 6.98. The second-order valence-corrected chi connectivity index (χ2v) is 5.37. The monoisotopic (exact) mass is 310 g/mol. The van der Waals surface area contributed by atoms with Gasteiger partial charge >= 0.3 is 0 Å². The van der Waals surface area contributed by atoms with E-state index in [9.17, 15) is 5.11 Å². The van der Waals surface area contributed by atoms with E-state index in [-0.39, 0.29) is 10.8 Å². The first kappa shape index (κ1) is 14.5. The summed E-state index contributed by atoms with van der Waals surface area (Å²) >= 11 is 5.85. The smallest absolute Gasteiger partial charge is 0.134 e. The first-order chi connectivity index (χ1) is 10.7. The highest BCUT2D eigenvalue weighted by Crippen LogP contribution is 2.28. The predicted octanol–water partition coefficient (Wildman–Crippen LogP) is 5.29. The molecule has 0 unspecified atom stereocenters. The molecule has 0 heterocycles. The molecule has 3 rings (SSSR count). The van der Waals surface area contributed by atoms with Gasteiger partial charge in [-0.3, -0.25) is 0 Å². The quantitative estimate of drug-likeness (QED) is 0.709. The highest BCUT2D eigenvalue weighted by Gasteiger charge is 2.02. The summed E-state index contributed by atoms with van der Waals surface area (Å²) in [5.41, 5.74) is 3.45. The van der Waals surface area contributed by atoms with Gasteiger partial charge in [-0.1, -0.05) is 66.2 Å². The maximum atomic E-state index is 9.38. The average molecular weight is 311 g/mol. The maximum Gasteiger partial charge on any atom is 0.134 e. The van der Waals surface area contributed by atoms with E-state index >= 15 is 0 Å². The van der Waals surface area contributed by atoms with Gasteiger partial charge in [0.1, 0.15) is 18.1 Å². The average Bonchev–Trinajstić information content (AvgIpc) is 2.57. The normalized spacial score (nSPS) is 10.4. The van der Waals surface area contributed by atoms with Crippen LogP contribution >= 0.6 is 11.6 Å². The summed E-state index contributed by atoms with van der Waals surface area (Å²) in [7, 11) is 0. The molecule has 0 amide bonds. The summed E-state index contributed by atoms with van der Waals surface area (Å²) in [6.07, 6.45) is 0. The Kier molecular flexibility index (Phi) is 4.31. The molecule has 2 nitrogen and oxygen atoms in total. The fourth-order valence-corrected chi connectivity index (χ4v) is 2.34. The van der Waals surface area contributed by atoms with Crippen molar-refractivity contribution in [3.63, 3.8) is 0 Å². The van der Waals surface area contributed by atoms with Gasteiger partial charge in [0.05, 0.1) is 5.02 Å². The third-order valence-corrected chi connectivity index (χ3v) is 3.69. The molecule has 22 heavy (non-hydrogen) atoms. The van der Waals surface area contributed by atoms with Crippen molar-refractivity contribution < 1.29 is 9.84 Å². The van der Waals surface area contributed by atoms with Crippen molar-refractivity contribution in [2.75, 3.05) is 0 Å². The fourth-order valence-electron chi connectivity index (χ4n) is 2.17. The number of phenols is 1. The summed E-state index contributed by atoms with van der Waals surface area (Å²) in [5, 5.41) is 9.67. The molecule has 0 aromatic heterocycles. The van der Waals surface area contributed by atoms with Crippen molar-refractivity contribution in [2.45, 2.75) is 6.61 Å². The van der Waals surface area contributed by atoms with Crippen molar-refractivity contribution in [1.29, 1.82) is 0 Å². The third kappa shape index (κ3) is 3.41. The van der Waals surface area contributed by atoms with Crippen LogP contribution in [0.15, 0.2) is 72.8 Å². The molecular formula is C19H15ClO2. The molecule has 1 N–H and O–H groups in total. The van der Waals surface area contributed by atoms with Crippen LogP contribution in [-0.2, 0) is 6.61 Å². The Morgan fingerprint density at radius 1 is 0.818 bits per heavy atom. The Bertz CT molecular complexity index is 752. The summed E-state index contributed by atoms with van der Waals surface area (Å²) < 4.78 is 5.68. The lowest BCUT2D eigenvalue weighted by molar-refractivity contribution is 0.305. The molecule has 3 aromatic rings. The van der Waals surface area contributed by atoms with Gasteiger partial charge < -0.3 is 9.84 Å². The Morgan fingerprint density at radius 3 is 2.18 bits per heavy atom. The summed E-state index contributed by atoms with van der Waals surface area (Å²) in [6.45, 7) is 0.455. The summed E-state index contributed by atoms with van der Waals surface area (Å²) in [4.78, 5) is 0. The Labute approximate surface area is 134 Å². The first-order valence-corrected chi connectivity index (χ1v) is 7.36. The van der Waals surface area contributed by atoms with Gasteiger partial charge in [0.2, 0.25) is 0 Å². The van der Waals surface area contributed by atoms with Gasteiger partial charge in [-0.05, 0) is 28.8 Å². The number of hydrogen-bond acceptors (Lipinski definition) is 2. The molecule has 0 spiro atoms. The van der Waals surface area contributed by atoms with E-state index in [1.165, 1.54) is 17.2 Å². The zero-order valence-corrected chi connectivity index (χ0v) is 12.6. The Hall–Kier alpha value is -2.45. The van der Waals surface area contributed by atoms with Crippen molar-refractivity contribution >= 4 is 11.6 Å². The SMILES string of the molecule is Oc1ccc(OCc2ccc(-c3ccccc3)cc2)cc1Cl. The molecule has 0 aliphatic heterocycles. The van der Waals surface area contributed by atoms with Crippen LogP contribution in [0.2, 0.25) is 5.02 Å². The van der Waals surface area contributed by atoms with Gasteiger partial charge in [-0.15, -0.1) is 0 Å². The number of aromatic hydroxyl groups is 1. The molecule has 0 atom stereocenters. The number of benzene rings is 3. The number of phenolic OH excluding ortho intramolecular Hbond substituents is 1. The van der Waals surface area contributed by atoms with Gasteiger partial charge in [0, 0.05) is 6.07 Å². The molecule has 3 aromatic carbocycles. The zero-order chi connectivity index (χ0) is 15.4. The van der Waals surface area contributed by atoms with Crippen molar-refractivity contribution in [3.8, 4) is 22.6 Å². The van der Waals surface area contributed by atoms with Crippen LogP contribution in [0.25, 0.3) is 11.1 Å². The van der Waals surface area contributed by atoms with E-state index in [4.69, 9.17) is 16.3 Å². The lowest BCUT2D eigenvalue weighted by atomic mass is 10.0. The summed E-state index contributed by atoms with van der Waals surface area (Å²) in [5.74, 6) is 0.691. The lowest BCUT2D eigenvalue weighted by Crippen LogP contribution is -1.95. The zero-order valence-electron chi connectivity index (χ0n) is 11.9. The van der Waals surface area contributed by atoms with Crippen molar-refractivity contribution in [3.05, 3.63) is 83.4 Å². The number of hydrogen-bond donors (Lipinski definition) is 1.